The monoisotopic (exact) mass is 580 g/mol. The van der Waals surface area contributed by atoms with Crippen molar-refractivity contribution >= 4 is 25.4 Å². The molecule has 0 aliphatic carbocycles. The van der Waals surface area contributed by atoms with E-state index in [0.29, 0.717) is 0 Å². The molecule has 12 nitrogen and oxygen atoms in total. The van der Waals surface area contributed by atoms with Crippen molar-refractivity contribution in [3.05, 3.63) is 74.4 Å². The molecule has 3 heterocycles. The third-order valence-corrected chi connectivity index (χ3v) is 9.08. The second-order valence-electron chi connectivity index (χ2n) is 9.17. The van der Waals surface area contributed by atoms with Gasteiger partial charge in [-0.25, -0.2) is 4.79 Å². The van der Waals surface area contributed by atoms with Gasteiger partial charge in [0.15, 0.2) is 5.75 Å². The molecule has 1 aliphatic rings. The lowest BCUT2D eigenvalue weighted by Gasteiger charge is -2.22. The van der Waals surface area contributed by atoms with Crippen LogP contribution in [0, 0.1) is 12.8 Å². The Balaban J connectivity index is 1.51. The normalized spacial score (nSPS) is 23.2. The van der Waals surface area contributed by atoms with Crippen molar-refractivity contribution in [2.24, 2.45) is 5.92 Å². The fourth-order valence-electron chi connectivity index (χ4n) is 4.19. The fraction of sp³-hybridized carbons (Fsp3) is 0.400. The standard InChI is InChI=1S/C25H30N3O9PS/c1-14-10-12-39-22(14)17-5-7-18(8-6-17)37-38(33,27-16(3)24(31)34-4)35-13-19-21(30)15(2)23(36-19)28-11-9-20(29)26-25(28)32/h5-12,15-16,19,21,23,27,30,33H,13H2,1-4H3/p+1/t15-,16-,19+,21-,23+,38?/m0/s1. The number of H-pyrrole nitrogens is 1. The van der Waals surface area contributed by atoms with E-state index in [1.807, 2.05) is 30.5 Å². The summed E-state index contributed by atoms with van der Waals surface area (Å²) in [5.74, 6) is -0.913. The van der Waals surface area contributed by atoms with Gasteiger partial charge in [0.05, 0.1) is 13.2 Å². The van der Waals surface area contributed by atoms with Gasteiger partial charge in [0.25, 0.3) is 5.56 Å². The van der Waals surface area contributed by atoms with Crippen LogP contribution in [-0.2, 0) is 18.8 Å². The van der Waals surface area contributed by atoms with Gasteiger partial charge >= 0.3 is 19.8 Å². The smallest absolute Gasteiger partial charge is 0.468 e. The molecule has 6 atom stereocenters. The summed E-state index contributed by atoms with van der Waals surface area (Å²) in [7, 11) is -2.74. The maximum absolute atomic E-state index is 12.2. The van der Waals surface area contributed by atoms with Crippen molar-refractivity contribution in [2.45, 2.75) is 45.2 Å². The molecule has 0 bridgehead atoms. The number of esters is 1. The van der Waals surface area contributed by atoms with Crippen molar-refractivity contribution in [1.82, 2.24) is 14.6 Å². The molecule has 14 heteroatoms. The molecule has 1 unspecified atom stereocenters. The van der Waals surface area contributed by atoms with E-state index in [9.17, 15) is 24.4 Å². The summed E-state index contributed by atoms with van der Waals surface area (Å²) >= 11 is 1.61. The molecule has 1 fully saturated rings. The summed E-state index contributed by atoms with van der Waals surface area (Å²) < 4.78 is 23.4. The third kappa shape index (κ3) is 6.64. The molecule has 39 heavy (non-hydrogen) atoms. The first kappa shape index (κ1) is 29.1. The molecule has 210 valence electrons. The average molecular weight is 581 g/mol. The Morgan fingerprint density at radius 1 is 1.26 bits per heavy atom. The van der Waals surface area contributed by atoms with Gasteiger partial charge < -0.3 is 14.6 Å². The van der Waals surface area contributed by atoms with Crippen LogP contribution in [0.4, 0.5) is 0 Å². The van der Waals surface area contributed by atoms with Gasteiger partial charge in [-0.2, -0.15) is 9.42 Å². The van der Waals surface area contributed by atoms with Gasteiger partial charge in [-0.15, -0.1) is 11.3 Å². The zero-order chi connectivity index (χ0) is 28.3. The molecule has 2 aromatic heterocycles. The number of hydrogen-bond donors (Lipinski definition) is 4. The van der Waals surface area contributed by atoms with Gasteiger partial charge in [0.1, 0.15) is 25.0 Å². The van der Waals surface area contributed by atoms with Crippen LogP contribution in [0.2, 0.25) is 0 Å². The topological polar surface area (TPSA) is 161 Å². The minimum Gasteiger partial charge on any atom is -0.468 e. The van der Waals surface area contributed by atoms with Crippen molar-refractivity contribution in [3.63, 3.8) is 0 Å². The summed E-state index contributed by atoms with van der Waals surface area (Å²) in [6.07, 6.45) is -1.64. The number of hydrogen-bond acceptors (Lipinski definition) is 11. The quantitative estimate of drug-likeness (QED) is 0.207. The lowest BCUT2D eigenvalue weighted by Crippen LogP contribution is -2.38. The number of nitrogens with zero attached hydrogens (tertiary/aromatic N) is 1. The van der Waals surface area contributed by atoms with E-state index >= 15 is 0 Å². The number of aromatic nitrogens is 2. The van der Waals surface area contributed by atoms with E-state index in [4.69, 9.17) is 18.5 Å². The number of methoxy groups -OCH3 is 1. The van der Waals surface area contributed by atoms with Gasteiger partial charge in [-0.3, -0.25) is 23.7 Å². The molecule has 1 aromatic carbocycles. The van der Waals surface area contributed by atoms with Crippen LogP contribution in [0.1, 0.15) is 25.6 Å². The molecular weight excluding hydrogens is 549 g/mol. The Hall–Kier alpha value is -2.90. The average Bonchev–Trinajstić information content (AvgIpc) is 3.45. The second kappa shape index (κ2) is 12.1. The summed E-state index contributed by atoms with van der Waals surface area (Å²) in [5, 5.41) is 15.5. The molecule has 1 aliphatic heterocycles. The Morgan fingerprint density at radius 3 is 2.59 bits per heavy atom. The Kier molecular flexibility index (Phi) is 9.02. The lowest BCUT2D eigenvalue weighted by atomic mass is 10.0. The number of aryl methyl sites for hydroxylation is 1. The number of rotatable bonds is 10. The van der Waals surface area contributed by atoms with Crippen LogP contribution in [0.5, 0.6) is 5.75 Å². The maximum Gasteiger partial charge on any atom is 0.544 e. The Labute approximate surface area is 228 Å². The van der Waals surface area contributed by atoms with E-state index < -0.39 is 55.7 Å². The number of carbonyl (C=O) groups excluding carboxylic acids is 1. The number of carbonyl (C=O) groups is 1. The van der Waals surface area contributed by atoms with Gasteiger partial charge in [0.2, 0.25) is 0 Å². The first-order chi connectivity index (χ1) is 18.5. The zero-order valence-corrected chi connectivity index (χ0v) is 23.5. The van der Waals surface area contributed by atoms with Crippen LogP contribution in [0.15, 0.2) is 57.6 Å². The minimum absolute atomic E-state index is 0.285. The van der Waals surface area contributed by atoms with E-state index in [2.05, 4.69) is 10.1 Å². The molecule has 0 saturated carbocycles. The third-order valence-electron chi connectivity index (χ3n) is 6.34. The molecule has 3 aromatic rings. The van der Waals surface area contributed by atoms with Gasteiger partial charge in [-0.1, -0.05) is 12.0 Å². The fourth-order valence-corrected chi connectivity index (χ4v) is 6.66. The van der Waals surface area contributed by atoms with E-state index in [1.54, 1.807) is 30.4 Å². The van der Waals surface area contributed by atoms with Crippen molar-refractivity contribution in [2.75, 3.05) is 13.7 Å². The molecule has 0 spiro atoms. The van der Waals surface area contributed by atoms with Crippen molar-refractivity contribution in [1.29, 1.82) is 0 Å². The highest BCUT2D eigenvalue weighted by Crippen LogP contribution is 2.54. The van der Waals surface area contributed by atoms with Crippen LogP contribution >= 0.6 is 19.4 Å². The van der Waals surface area contributed by atoms with Gasteiger partial charge in [-0.05, 0) is 60.7 Å². The first-order valence-electron chi connectivity index (χ1n) is 12.1. The zero-order valence-electron chi connectivity index (χ0n) is 21.8. The maximum atomic E-state index is 12.2. The summed E-state index contributed by atoms with van der Waals surface area (Å²) in [4.78, 5) is 50.3. The van der Waals surface area contributed by atoms with Crippen LogP contribution in [-0.4, -0.2) is 57.5 Å². The van der Waals surface area contributed by atoms with E-state index in [-0.39, 0.29) is 12.4 Å². The number of benzene rings is 1. The minimum atomic E-state index is -3.96. The van der Waals surface area contributed by atoms with E-state index in [1.165, 1.54) is 30.9 Å². The summed E-state index contributed by atoms with van der Waals surface area (Å²) in [5.41, 5.74) is 0.879. The SMILES string of the molecule is COC(=O)[C@H](C)N[P+](O)(OC[C@H]1O[C@@H](n2ccc(=O)[nH]c2=O)[C@@H](C)[C@@H]1O)Oc1ccc(-c2sccc2C)cc1. The number of thiophene rings is 1. The summed E-state index contributed by atoms with van der Waals surface area (Å²) in [6, 6.07) is 9.26. The molecule has 0 radical (unpaired) electrons. The predicted molar refractivity (Wildman–Crippen MR) is 145 cm³/mol. The highest BCUT2D eigenvalue weighted by Gasteiger charge is 2.50. The Morgan fingerprint density at radius 2 is 1.97 bits per heavy atom. The molecule has 4 N–H and O–H groups in total. The highest BCUT2D eigenvalue weighted by molar-refractivity contribution is 7.59. The molecule has 1 saturated heterocycles. The van der Waals surface area contributed by atoms with E-state index in [0.717, 1.165) is 16.0 Å². The number of aromatic amines is 1. The van der Waals surface area contributed by atoms with Crippen molar-refractivity contribution < 1.29 is 33.3 Å². The molecule has 0 amide bonds. The molecular formula is C25H31N3O9PS+. The first-order valence-corrected chi connectivity index (χ1v) is 14.6. The van der Waals surface area contributed by atoms with Crippen molar-refractivity contribution in [3.8, 4) is 16.2 Å². The highest BCUT2D eigenvalue weighted by atomic mass is 32.1. The number of ether oxygens (including phenoxy) is 2. The van der Waals surface area contributed by atoms with Crippen LogP contribution in [0.3, 0.4) is 0 Å². The van der Waals surface area contributed by atoms with Crippen LogP contribution < -0.4 is 20.9 Å². The Bertz CT molecular complexity index is 1410. The largest absolute Gasteiger partial charge is 0.544 e. The van der Waals surface area contributed by atoms with Crippen LogP contribution in [0.25, 0.3) is 10.4 Å². The molecule has 4 rings (SSSR count). The predicted octanol–water partition coefficient (Wildman–Crippen LogP) is 2.38. The number of aliphatic hydroxyl groups excluding tert-OH is 1. The second-order valence-corrected chi connectivity index (χ2v) is 11.8. The lowest BCUT2D eigenvalue weighted by molar-refractivity contribution is -0.142. The number of nitrogens with one attached hydrogen (secondary N) is 2. The summed E-state index contributed by atoms with van der Waals surface area (Å²) in [6.45, 7) is 4.84. The number of aliphatic hydroxyl groups is 1. The van der Waals surface area contributed by atoms with Gasteiger partial charge in [0, 0.05) is 23.1 Å².